The molecule has 0 saturated carbocycles. The van der Waals surface area contributed by atoms with Gasteiger partial charge >= 0.3 is 12.1 Å². The summed E-state index contributed by atoms with van der Waals surface area (Å²) in [5.41, 5.74) is -0.877. The van der Waals surface area contributed by atoms with Gasteiger partial charge < -0.3 is 9.64 Å². The molecule has 0 aromatic rings. The third kappa shape index (κ3) is 4.22. The maximum atomic E-state index is 12.2. The SMILES string of the molecule is CC(C)(C)OC(=O)C1CN(CC(F)(F)F)C(=O)C1=O. The lowest BCUT2D eigenvalue weighted by atomic mass is 10.1. The average Bonchev–Trinajstić information content (AvgIpc) is 2.41. The van der Waals surface area contributed by atoms with E-state index < -0.39 is 48.4 Å². The molecule has 1 heterocycles. The zero-order valence-corrected chi connectivity index (χ0v) is 10.7. The lowest BCUT2D eigenvalue weighted by Gasteiger charge is -2.21. The Bertz CT molecular complexity index is 411. The molecule has 19 heavy (non-hydrogen) atoms. The lowest BCUT2D eigenvalue weighted by Crippen LogP contribution is -2.36. The molecular weight excluding hydrogens is 267 g/mol. The summed E-state index contributed by atoms with van der Waals surface area (Å²) < 4.78 is 41.5. The van der Waals surface area contributed by atoms with Gasteiger partial charge in [0.05, 0.1) is 0 Å². The molecule has 1 amide bonds. The molecule has 0 bridgehead atoms. The number of alkyl halides is 3. The Hall–Kier alpha value is -1.60. The van der Waals surface area contributed by atoms with Gasteiger partial charge in [0, 0.05) is 6.54 Å². The predicted octanol–water partition coefficient (Wildman–Crippen LogP) is 0.918. The number of rotatable bonds is 2. The van der Waals surface area contributed by atoms with Gasteiger partial charge in [-0.05, 0) is 20.8 Å². The van der Waals surface area contributed by atoms with E-state index in [0.717, 1.165) is 0 Å². The van der Waals surface area contributed by atoms with Crippen LogP contribution in [0.5, 0.6) is 0 Å². The minimum Gasteiger partial charge on any atom is -0.459 e. The van der Waals surface area contributed by atoms with E-state index in [4.69, 9.17) is 4.74 Å². The molecule has 8 heteroatoms. The fraction of sp³-hybridized carbons (Fsp3) is 0.727. The Morgan fingerprint density at radius 2 is 1.84 bits per heavy atom. The van der Waals surface area contributed by atoms with Crippen LogP contribution in [-0.4, -0.2) is 47.4 Å². The summed E-state index contributed by atoms with van der Waals surface area (Å²) in [4.78, 5) is 34.7. The summed E-state index contributed by atoms with van der Waals surface area (Å²) in [6, 6.07) is 0. The quantitative estimate of drug-likeness (QED) is 0.429. The van der Waals surface area contributed by atoms with Gasteiger partial charge in [0.2, 0.25) is 5.78 Å². The summed E-state index contributed by atoms with van der Waals surface area (Å²) in [6.45, 7) is 2.53. The van der Waals surface area contributed by atoms with Gasteiger partial charge in [-0.1, -0.05) is 0 Å². The van der Waals surface area contributed by atoms with E-state index in [-0.39, 0.29) is 0 Å². The summed E-state index contributed by atoms with van der Waals surface area (Å²) in [6.07, 6.45) is -4.61. The molecule has 108 valence electrons. The van der Waals surface area contributed by atoms with Crippen molar-refractivity contribution in [2.24, 2.45) is 5.92 Å². The van der Waals surface area contributed by atoms with E-state index in [9.17, 15) is 27.6 Å². The van der Waals surface area contributed by atoms with Gasteiger partial charge in [-0.25, -0.2) is 0 Å². The highest BCUT2D eigenvalue weighted by Gasteiger charge is 2.48. The van der Waals surface area contributed by atoms with E-state index in [0.29, 0.717) is 4.90 Å². The fourth-order valence-electron chi connectivity index (χ4n) is 1.60. The summed E-state index contributed by atoms with van der Waals surface area (Å²) in [7, 11) is 0. The second-order valence-corrected chi connectivity index (χ2v) is 5.25. The molecule has 1 aliphatic rings. The number of carbonyl (C=O) groups excluding carboxylic acids is 3. The van der Waals surface area contributed by atoms with E-state index in [1.165, 1.54) is 0 Å². The van der Waals surface area contributed by atoms with Crippen molar-refractivity contribution in [3.05, 3.63) is 0 Å². The molecular formula is C11H14F3NO4. The maximum absolute atomic E-state index is 12.2. The second-order valence-electron chi connectivity index (χ2n) is 5.25. The van der Waals surface area contributed by atoms with Crippen LogP contribution >= 0.6 is 0 Å². The first-order valence-electron chi connectivity index (χ1n) is 5.53. The van der Waals surface area contributed by atoms with Crippen LogP contribution in [0.3, 0.4) is 0 Å². The van der Waals surface area contributed by atoms with Gasteiger partial charge in [-0.2, -0.15) is 13.2 Å². The minimum atomic E-state index is -4.61. The fourth-order valence-corrected chi connectivity index (χ4v) is 1.60. The average molecular weight is 281 g/mol. The zero-order chi connectivity index (χ0) is 15.0. The molecule has 0 spiro atoms. The van der Waals surface area contributed by atoms with Crippen LogP contribution < -0.4 is 0 Å². The standard InChI is InChI=1S/C11H14F3NO4/c1-10(2,3)19-9(18)6-4-15(5-11(12,13)14)8(17)7(6)16/h6H,4-5H2,1-3H3. The van der Waals surface area contributed by atoms with Crippen LogP contribution in [0.2, 0.25) is 0 Å². The van der Waals surface area contributed by atoms with E-state index >= 15 is 0 Å². The highest BCUT2D eigenvalue weighted by molar-refractivity contribution is 6.42. The van der Waals surface area contributed by atoms with Crippen molar-refractivity contribution in [2.45, 2.75) is 32.5 Å². The number of carbonyl (C=O) groups is 3. The number of esters is 1. The molecule has 1 unspecified atom stereocenters. The zero-order valence-electron chi connectivity index (χ0n) is 10.7. The van der Waals surface area contributed by atoms with Crippen LogP contribution in [0.25, 0.3) is 0 Å². The van der Waals surface area contributed by atoms with Crippen molar-refractivity contribution in [3.63, 3.8) is 0 Å². The Labute approximate surface area is 107 Å². The number of likely N-dealkylation sites (tertiary alicyclic amines) is 1. The Kier molecular flexibility index (Phi) is 3.92. The predicted molar refractivity (Wildman–Crippen MR) is 57.0 cm³/mol. The largest absolute Gasteiger partial charge is 0.459 e. The topological polar surface area (TPSA) is 63.7 Å². The maximum Gasteiger partial charge on any atom is 0.406 e. The van der Waals surface area contributed by atoms with Crippen LogP contribution in [0, 0.1) is 5.92 Å². The molecule has 1 fully saturated rings. The smallest absolute Gasteiger partial charge is 0.406 e. The van der Waals surface area contributed by atoms with Crippen molar-refractivity contribution in [1.82, 2.24) is 4.90 Å². The molecule has 0 aromatic carbocycles. The minimum absolute atomic E-state index is 0.316. The normalized spacial score (nSPS) is 20.9. The van der Waals surface area contributed by atoms with Gasteiger partial charge in [-0.3, -0.25) is 14.4 Å². The molecule has 1 rings (SSSR count). The van der Waals surface area contributed by atoms with Crippen molar-refractivity contribution in [2.75, 3.05) is 13.1 Å². The number of halogens is 3. The molecule has 5 nitrogen and oxygen atoms in total. The number of hydrogen-bond donors (Lipinski definition) is 0. The van der Waals surface area contributed by atoms with Crippen molar-refractivity contribution < 1.29 is 32.3 Å². The van der Waals surface area contributed by atoms with Gasteiger partial charge in [0.25, 0.3) is 5.91 Å². The Morgan fingerprint density at radius 1 is 1.32 bits per heavy atom. The first-order valence-corrected chi connectivity index (χ1v) is 5.53. The highest BCUT2D eigenvalue weighted by atomic mass is 19.4. The number of amides is 1. The summed E-state index contributed by atoms with van der Waals surface area (Å²) in [5, 5.41) is 0. The number of ketones is 1. The Morgan fingerprint density at radius 3 is 2.26 bits per heavy atom. The van der Waals surface area contributed by atoms with Crippen molar-refractivity contribution >= 4 is 17.7 Å². The monoisotopic (exact) mass is 281 g/mol. The van der Waals surface area contributed by atoms with Gasteiger partial charge in [0.15, 0.2) is 0 Å². The van der Waals surface area contributed by atoms with Crippen LogP contribution in [0.15, 0.2) is 0 Å². The summed E-state index contributed by atoms with van der Waals surface area (Å²) in [5.74, 6) is -4.91. The van der Waals surface area contributed by atoms with E-state index in [2.05, 4.69) is 0 Å². The van der Waals surface area contributed by atoms with Gasteiger partial charge in [-0.15, -0.1) is 0 Å². The van der Waals surface area contributed by atoms with Crippen LogP contribution in [0.4, 0.5) is 13.2 Å². The van der Waals surface area contributed by atoms with E-state index in [1.807, 2.05) is 0 Å². The molecule has 0 radical (unpaired) electrons. The first kappa shape index (κ1) is 15.5. The number of Topliss-reactive ketones (excluding diaryl/α,β-unsaturated/α-hetero) is 1. The molecule has 0 aliphatic carbocycles. The molecule has 1 aliphatic heterocycles. The van der Waals surface area contributed by atoms with Crippen LogP contribution in [-0.2, 0) is 19.1 Å². The molecule has 0 aromatic heterocycles. The van der Waals surface area contributed by atoms with Crippen molar-refractivity contribution in [3.8, 4) is 0 Å². The van der Waals surface area contributed by atoms with E-state index in [1.54, 1.807) is 20.8 Å². The highest BCUT2D eigenvalue weighted by Crippen LogP contribution is 2.23. The number of ether oxygens (including phenoxy) is 1. The molecule has 0 N–H and O–H groups in total. The van der Waals surface area contributed by atoms with Gasteiger partial charge in [0.1, 0.15) is 18.1 Å². The third-order valence-electron chi connectivity index (χ3n) is 2.28. The third-order valence-corrected chi connectivity index (χ3v) is 2.28. The van der Waals surface area contributed by atoms with Crippen LogP contribution in [0.1, 0.15) is 20.8 Å². The number of nitrogens with zero attached hydrogens (tertiary/aromatic N) is 1. The lowest BCUT2D eigenvalue weighted by molar-refractivity contribution is -0.162. The number of hydrogen-bond acceptors (Lipinski definition) is 4. The molecule has 1 atom stereocenters. The molecule has 1 saturated heterocycles. The summed E-state index contributed by atoms with van der Waals surface area (Å²) >= 11 is 0. The first-order chi connectivity index (χ1) is 8.41. The Balaban J connectivity index is 2.76. The van der Waals surface area contributed by atoms with Crippen molar-refractivity contribution in [1.29, 1.82) is 0 Å². The second kappa shape index (κ2) is 4.82.